The zero-order valence-electron chi connectivity index (χ0n) is 12.5. The summed E-state index contributed by atoms with van der Waals surface area (Å²) in [4.78, 5) is 31.3. The van der Waals surface area contributed by atoms with Crippen LogP contribution in [0.15, 0.2) is 17.3 Å². The highest BCUT2D eigenvalue weighted by molar-refractivity contribution is 7.14. The van der Waals surface area contributed by atoms with Crippen LogP contribution < -0.4 is 10.1 Å². The van der Waals surface area contributed by atoms with Crippen molar-refractivity contribution in [3.63, 3.8) is 0 Å². The molecule has 0 aliphatic heterocycles. The van der Waals surface area contributed by atoms with Gasteiger partial charge in [0.2, 0.25) is 4.80 Å². The van der Waals surface area contributed by atoms with Gasteiger partial charge in [-0.25, -0.2) is 14.6 Å². The van der Waals surface area contributed by atoms with Gasteiger partial charge >= 0.3 is 12.2 Å². The Hall–Kier alpha value is -2.42. The third-order valence-electron chi connectivity index (χ3n) is 2.62. The van der Waals surface area contributed by atoms with E-state index in [0.29, 0.717) is 10.5 Å². The van der Waals surface area contributed by atoms with Crippen molar-refractivity contribution >= 4 is 39.6 Å². The van der Waals surface area contributed by atoms with Gasteiger partial charge < -0.3 is 14.0 Å². The van der Waals surface area contributed by atoms with Crippen LogP contribution in [0.4, 0.5) is 14.6 Å². The summed E-state index contributed by atoms with van der Waals surface area (Å²) in [5, 5.41) is 3.14. The van der Waals surface area contributed by atoms with E-state index in [9.17, 15) is 9.59 Å². The number of ether oxygens (including phenoxy) is 2. The summed E-state index contributed by atoms with van der Waals surface area (Å²) in [6.07, 6.45) is 0.507. The minimum absolute atomic E-state index is 0.198. The molecular formula is C13H16N4O4S. The second-order valence-electron chi connectivity index (χ2n) is 4.14. The van der Waals surface area contributed by atoms with E-state index in [1.165, 1.54) is 0 Å². The Morgan fingerprint density at radius 2 is 2.09 bits per heavy atom. The van der Waals surface area contributed by atoms with E-state index in [4.69, 9.17) is 9.47 Å². The molecule has 2 aromatic heterocycles. The first-order chi connectivity index (χ1) is 10.5. The molecule has 1 N–H and O–H groups in total. The maximum Gasteiger partial charge on any atom is 0.436 e. The molecule has 0 bridgehead atoms. The van der Waals surface area contributed by atoms with Crippen molar-refractivity contribution in [1.82, 2.24) is 9.55 Å². The minimum Gasteiger partial charge on any atom is -0.450 e. The highest BCUT2D eigenvalue weighted by atomic mass is 32.1. The van der Waals surface area contributed by atoms with Gasteiger partial charge in [0.1, 0.15) is 10.5 Å². The Balaban J connectivity index is 2.49. The smallest absolute Gasteiger partial charge is 0.436 e. The molecule has 2 rings (SSSR count). The molecule has 2 amide bonds. The molecule has 0 radical (unpaired) electrons. The van der Waals surface area contributed by atoms with Gasteiger partial charge in [-0.05, 0) is 19.9 Å². The van der Waals surface area contributed by atoms with Crippen LogP contribution in [0, 0.1) is 0 Å². The average molecular weight is 324 g/mol. The van der Waals surface area contributed by atoms with Gasteiger partial charge in [0.05, 0.1) is 18.7 Å². The lowest BCUT2D eigenvalue weighted by Gasteiger charge is -2.07. The van der Waals surface area contributed by atoms with Crippen LogP contribution in [-0.2, 0) is 16.5 Å². The number of aromatic nitrogens is 2. The normalized spacial score (nSPS) is 11.5. The number of amides is 2. The predicted octanol–water partition coefficient (Wildman–Crippen LogP) is 2.26. The molecule has 0 spiro atoms. The standard InChI is InChI=1S/C13H16N4O4S/c1-4-20-12(18)15-10-9-8(6-7-17(9)3)14-11(22-10)16-13(19)21-5-2/h6-7H,4-5H2,1-3H3,(H,15,18)/b16-11+. The van der Waals surface area contributed by atoms with Gasteiger partial charge in [-0.3, -0.25) is 5.32 Å². The summed E-state index contributed by atoms with van der Waals surface area (Å²) in [5.74, 6) is 0. The molecule has 0 unspecified atom stereocenters. The Morgan fingerprint density at radius 3 is 2.77 bits per heavy atom. The van der Waals surface area contributed by atoms with Crippen LogP contribution in [0.5, 0.6) is 0 Å². The summed E-state index contributed by atoms with van der Waals surface area (Å²) in [6.45, 7) is 3.90. The zero-order chi connectivity index (χ0) is 16.1. The molecular weight excluding hydrogens is 308 g/mol. The van der Waals surface area contributed by atoms with Crippen LogP contribution in [0.2, 0.25) is 0 Å². The molecule has 2 aromatic rings. The molecule has 0 atom stereocenters. The lowest BCUT2D eigenvalue weighted by molar-refractivity contribution is 0.162. The third-order valence-corrected chi connectivity index (χ3v) is 3.49. The number of nitrogens with one attached hydrogen (secondary N) is 1. The Bertz CT molecular complexity index is 765. The summed E-state index contributed by atoms with van der Waals surface area (Å²) in [5.41, 5.74) is 1.33. The minimum atomic E-state index is -0.719. The third kappa shape index (κ3) is 3.61. The Morgan fingerprint density at radius 1 is 1.36 bits per heavy atom. The topological polar surface area (TPSA) is 94.8 Å². The number of carbonyl (C=O) groups excluding carboxylic acids is 2. The molecule has 9 heteroatoms. The Kier molecular flexibility index (Phi) is 5.10. The van der Waals surface area contributed by atoms with Gasteiger partial charge in [0, 0.05) is 13.2 Å². The fourth-order valence-electron chi connectivity index (χ4n) is 1.78. The molecule has 22 heavy (non-hydrogen) atoms. The molecule has 0 aliphatic rings. The lowest BCUT2D eigenvalue weighted by atomic mass is 10.4. The zero-order valence-corrected chi connectivity index (χ0v) is 13.3. The van der Waals surface area contributed by atoms with Crippen LogP contribution in [0.3, 0.4) is 0 Å². The maximum absolute atomic E-state index is 11.6. The van der Waals surface area contributed by atoms with Gasteiger partial charge in [0.15, 0.2) is 0 Å². The van der Waals surface area contributed by atoms with Crippen molar-refractivity contribution in [3.05, 3.63) is 17.1 Å². The highest BCUT2D eigenvalue weighted by Crippen LogP contribution is 2.24. The first-order valence-electron chi connectivity index (χ1n) is 6.66. The van der Waals surface area contributed by atoms with E-state index < -0.39 is 12.2 Å². The molecule has 0 fully saturated rings. The molecule has 0 saturated heterocycles. The van der Waals surface area contributed by atoms with Gasteiger partial charge in [-0.15, -0.1) is 4.99 Å². The van der Waals surface area contributed by atoms with E-state index >= 15 is 0 Å². The SMILES string of the molecule is CCOC(=O)/N=c1\nc2ccn(C)c2c(NC(=O)OCC)s1. The number of carbonyl (C=O) groups is 2. The summed E-state index contributed by atoms with van der Waals surface area (Å²) in [6, 6.07) is 1.77. The molecule has 0 aromatic carbocycles. The van der Waals surface area contributed by atoms with Crippen LogP contribution in [0.1, 0.15) is 13.8 Å². The number of hydrogen-bond donors (Lipinski definition) is 1. The van der Waals surface area contributed by atoms with Crippen molar-refractivity contribution in [1.29, 1.82) is 0 Å². The van der Waals surface area contributed by atoms with E-state index in [1.54, 1.807) is 26.1 Å². The maximum atomic E-state index is 11.6. The lowest BCUT2D eigenvalue weighted by Crippen LogP contribution is -2.16. The highest BCUT2D eigenvalue weighted by Gasteiger charge is 2.12. The fraction of sp³-hybridized carbons (Fsp3) is 0.385. The molecule has 2 heterocycles. The number of fused-ring (bicyclic) bond motifs is 1. The molecule has 0 aliphatic carbocycles. The Labute approximate surface area is 130 Å². The largest absolute Gasteiger partial charge is 0.450 e. The number of aryl methyl sites for hydroxylation is 1. The summed E-state index contributed by atoms with van der Waals surface area (Å²) < 4.78 is 11.5. The predicted molar refractivity (Wildman–Crippen MR) is 81.8 cm³/mol. The van der Waals surface area contributed by atoms with Crippen molar-refractivity contribution < 1.29 is 19.1 Å². The van der Waals surface area contributed by atoms with Crippen molar-refractivity contribution in [2.24, 2.45) is 12.0 Å². The van der Waals surface area contributed by atoms with Crippen LogP contribution >= 0.6 is 11.3 Å². The molecule has 0 saturated carbocycles. The van der Waals surface area contributed by atoms with Crippen molar-refractivity contribution in [3.8, 4) is 0 Å². The number of anilines is 1. The number of nitrogens with zero attached hydrogens (tertiary/aromatic N) is 3. The monoisotopic (exact) mass is 324 g/mol. The van der Waals surface area contributed by atoms with E-state index in [0.717, 1.165) is 16.9 Å². The van der Waals surface area contributed by atoms with Gasteiger partial charge in [-0.1, -0.05) is 11.3 Å². The second-order valence-corrected chi connectivity index (χ2v) is 5.12. The summed E-state index contributed by atoms with van der Waals surface area (Å²) in [7, 11) is 1.83. The summed E-state index contributed by atoms with van der Waals surface area (Å²) >= 11 is 1.07. The van der Waals surface area contributed by atoms with Crippen molar-refractivity contribution in [2.45, 2.75) is 13.8 Å². The number of hydrogen-bond acceptors (Lipinski definition) is 6. The van der Waals surface area contributed by atoms with E-state index in [2.05, 4.69) is 15.3 Å². The van der Waals surface area contributed by atoms with Crippen LogP contribution in [-0.4, -0.2) is 35.0 Å². The van der Waals surface area contributed by atoms with E-state index in [1.807, 2.05) is 11.6 Å². The molecule has 118 valence electrons. The van der Waals surface area contributed by atoms with E-state index in [-0.39, 0.29) is 18.0 Å². The van der Waals surface area contributed by atoms with Gasteiger partial charge in [-0.2, -0.15) is 0 Å². The quantitative estimate of drug-likeness (QED) is 0.934. The molecule has 8 nitrogen and oxygen atoms in total. The van der Waals surface area contributed by atoms with Crippen LogP contribution in [0.25, 0.3) is 11.0 Å². The van der Waals surface area contributed by atoms with Gasteiger partial charge in [0.25, 0.3) is 0 Å². The van der Waals surface area contributed by atoms with Crippen molar-refractivity contribution in [2.75, 3.05) is 18.5 Å². The number of rotatable bonds is 3. The first-order valence-corrected chi connectivity index (χ1v) is 7.48. The average Bonchev–Trinajstić information content (AvgIpc) is 2.81. The second kappa shape index (κ2) is 7.03. The first kappa shape index (κ1) is 16.0. The fourth-order valence-corrected chi connectivity index (χ4v) is 2.70.